The maximum absolute atomic E-state index is 11.5. The van der Waals surface area contributed by atoms with E-state index in [9.17, 15) is 4.79 Å². The number of thioether (sulfide) groups is 1. The molecule has 0 radical (unpaired) electrons. The van der Waals surface area contributed by atoms with Crippen molar-refractivity contribution >= 4 is 23.5 Å². The Morgan fingerprint density at radius 3 is 2.94 bits per heavy atom. The molecule has 1 aromatic heterocycles. The Hall–Kier alpha value is -1.30. The molecule has 1 aliphatic carbocycles. The first-order valence-corrected chi connectivity index (χ1v) is 6.55. The van der Waals surface area contributed by atoms with Gasteiger partial charge in [0.25, 0.3) is 0 Å². The molecule has 0 aliphatic heterocycles. The molecule has 6 heteroatoms. The highest BCUT2D eigenvalue weighted by atomic mass is 32.2. The van der Waals surface area contributed by atoms with Crippen molar-refractivity contribution in [3.8, 4) is 0 Å². The highest BCUT2D eigenvalue weighted by Gasteiger charge is 2.21. The van der Waals surface area contributed by atoms with Gasteiger partial charge in [-0.25, -0.2) is 14.8 Å². The number of nitrogen functional groups attached to an aromatic ring is 1. The van der Waals surface area contributed by atoms with Crippen molar-refractivity contribution in [3.63, 3.8) is 0 Å². The van der Waals surface area contributed by atoms with Gasteiger partial charge in [-0.2, -0.15) is 0 Å². The van der Waals surface area contributed by atoms with Gasteiger partial charge in [0, 0.05) is 11.4 Å². The minimum Gasteiger partial charge on any atom is -0.462 e. The van der Waals surface area contributed by atoms with Gasteiger partial charge in [-0.1, -0.05) is 18.2 Å². The predicted octanol–water partition coefficient (Wildman–Crippen LogP) is 1.88. The Morgan fingerprint density at radius 2 is 2.41 bits per heavy atom. The zero-order valence-electron chi connectivity index (χ0n) is 9.68. The topological polar surface area (TPSA) is 78.1 Å². The normalized spacial score (nSPS) is 15.4. The molecule has 1 fully saturated rings. The molecule has 1 saturated carbocycles. The summed E-state index contributed by atoms with van der Waals surface area (Å²) in [5.41, 5.74) is 5.96. The van der Waals surface area contributed by atoms with Crippen LogP contribution >= 0.6 is 11.8 Å². The first-order chi connectivity index (χ1) is 8.20. The molecule has 0 aromatic carbocycles. The average molecular weight is 253 g/mol. The third-order valence-electron chi connectivity index (χ3n) is 2.62. The van der Waals surface area contributed by atoms with E-state index in [0.717, 1.165) is 0 Å². The van der Waals surface area contributed by atoms with Crippen LogP contribution in [0.25, 0.3) is 0 Å². The standard InChI is InChI=1S/C11H15N3O2S/c1-2-16-10(15)8-6-13-11(14-9(8)12)17-7-4-3-5-7/h6-7H,2-5H2,1H3,(H2,12,13,14). The quantitative estimate of drug-likeness (QED) is 0.652. The zero-order chi connectivity index (χ0) is 12.3. The van der Waals surface area contributed by atoms with Crippen molar-refractivity contribution in [2.24, 2.45) is 0 Å². The maximum Gasteiger partial charge on any atom is 0.343 e. The summed E-state index contributed by atoms with van der Waals surface area (Å²) in [4.78, 5) is 19.7. The summed E-state index contributed by atoms with van der Waals surface area (Å²) in [6.07, 6.45) is 5.12. The summed E-state index contributed by atoms with van der Waals surface area (Å²) < 4.78 is 4.86. The first-order valence-electron chi connectivity index (χ1n) is 5.67. The second-order valence-corrected chi connectivity index (χ2v) is 5.11. The van der Waals surface area contributed by atoms with Crippen LogP contribution in [-0.4, -0.2) is 27.8 Å². The van der Waals surface area contributed by atoms with Crippen LogP contribution in [0, 0.1) is 0 Å². The monoisotopic (exact) mass is 253 g/mol. The number of carbonyl (C=O) groups excluding carboxylic acids is 1. The van der Waals surface area contributed by atoms with E-state index in [-0.39, 0.29) is 11.4 Å². The van der Waals surface area contributed by atoms with E-state index >= 15 is 0 Å². The molecule has 0 bridgehead atoms. The number of ether oxygens (including phenoxy) is 1. The molecule has 17 heavy (non-hydrogen) atoms. The molecule has 2 rings (SSSR count). The molecule has 0 spiro atoms. The Kier molecular flexibility index (Phi) is 3.83. The fourth-order valence-electron chi connectivity index (χ4n) is 1.44. The van der Waals surface area contributed by atoms with Crippen molar-refractivity contribution < 1.29 is 9.53 Å². The molecule has 1 aliphatic rings. The van der Waals surface area contributed by atoms with Gasteiger partial charge < -0.3 is 10.5 Å². The van der Waals surface area contributed by atoms with Gasteiger partial charge in [0.05, 0.1) is 6.61 Å². The number of anilines is 1. The SMILES string of the molecule is CCOC(=O)c1cnc(SC2CCC2)nc1N. The Morgan fingerprint density at radius 1 is 1.65 bits per heavy atom. The van der Waals surface area contributed by atoms with Crippen LogP contribution in [0.4, 0.5) is 5.82 Å². The highest BCUT2D eigenvalue weighted by Crippen LogP contribution is 2.34. The van der Waals surface area contributed by atoms with Gasteiger partial charge in [0.1, 0.15) is 11.4 Å². The fourth-order valence-corrected chi connectivity index (χ4v) is 2.57. The number of nitrogens with two attached hydrogens (primary N) is 1. The average Bonchev–Trinajstić information content (AvgIpc) is 2.24. The molecule has 1 heterocycles. The van der Waals surface area contributed by atoms with Crippen LogP contribution < -0.4 is 5.73 Å². The lowest BCUT2D eigenvalue weighted by Crippen LogP contribution is -2.15. The van der Waals surface area contributed by atoms with E-state index in [0.29, 0.717) is 17.0 Å². The van der Waals surface area contributed by atoms with Crippen molar-refractivity contribution in [2.45, 2.75) is 36.6 Å². The van der Waals surface area contributed by atoms with Gasteiger partial charge in [-0.15, -0.1) is 0 Å². The lowest BCUT2D eigenvalue weighted by molar-refractivity contribution is 0.0526. The zero-order valence-corrected chi connectivity index (χ0v) is 10.5. The Bertz CT molecular complexity index is 421. The fraction of sp³-hybridized carbons (Fsp3) is 0.545. The van der Waals surface area contributed by atoms with E-state index in [4.69, 9.17) is 10.5 Å². The van der Waals surface area contributed by atoms with Gasteiger partial charge in [0.15, 0.2) is 5.16 Å². The predicted molar refractivity (Wildman–Crippen MR) is 65.9 cm³/mol. The van der Waals surface area contributed by atoms with E-state index in [1.165, 1.54) is 25.5 Å². The smallest absolute Gasteiger partial charge is 0.343 e. The second kappa shape index (κ2) is 5.35. The summed E-state index contributed by atoms with van der Waals surface area (Å²) in [7, 11) is 0. The third kappa shape index (κ3) is 2.88. The Balaban J connectivity index is 2.07. The minimum absolute atomic E-state index is 0.195. The van der Waals surface area contributed by atoms with Crippen LogP contribution in [0.2, 0.25) is 0 Å². The minimum atomic E-state index is -0.467. The number of hydrogen-bond acceptors (Lipinski definition) is 6. The van der Waals surface area contributed by atoms with Crippen LogP contribution in [0.3, 0.4) is 0 Å². The molecule has 1 aromatic rings. The van der Waals surface area contributed by atoms with Crippen LogP contribution in [0.1, 0.15) is 36.5 Å². The summed E-state index contributed by atoms with van der Waals surface area (Å²) >= 11 is 1.62. The van der Waals surface area contributed by atoms with Crippen molar-refractivity contribution in [3.05, 3.63) is 11.8 Å². The highest BCUT2D eigenvalue weighted by molar-refractivity contribution is 7.99. The molecule has 92 valence electrons. The largest absolute Gasteiger partial charge is 0.462 e. The van der Waals surface area contributed by atoms with Crippen LogP contribution in [0.5, 0.6) is 0 Å². The van der Waals surface area contributed by atoms with Crippen molar-refractivity contribution in [2.75, 3.05) is 12.3 Å². The summed E-state index contributed by atoms with van der Waals surface area (Å²) in [5.74, 6) is -0.273. The molecule has 0 unspecified atom stereocenters. The van der Waals surface area contributed by atoms with E-state index in [1.807, 2.05) is 0 Å². The second-order valence-electron chi connectivity index (χ2n) is 3.84. The number of hydrogen-bond donors (Lipinski definition) is 1. The third-order valence-corrected chi connectivity index (χ3v) is 3.83. The lowest BCUT2D eigenvalue weighted by Gasteiger charge is -2.23. The van der Waals surface area contributed by atoms with Crippen molar-refractivity contribution in [1.29, 1.82) is 0 Å². The van der Waals surface area contributed by atoms with E-state index in [2.05, 4.69) is 9.97 Å². The van der Waals surface area contributed by atoms with Gasteiger partial charge in [0.2, 0.25) is 0 Å². The number of esters is 1. The van der Waals surface area contributed by atoms with Crippen LogP contribution in [0.15, 0.2) is 11.4 Å². The molecule has 0 saturated heterocycles. The molecular weight excluding hydrogens is 238 g/mol. The molecule has 5 nitrogen and oxygen atoms in total. The molecular formula is C11H15N3O2S. The maximum atomic E-state index is 11.5. The first kappa shape index (κ1) is 12.2. The number of rotatable bonds is 4. The van der Waals surface area contributed by atoms with Gasteiger partial charge in [-0.3, -0.25) is 0 Å². The van der Waals surface area contributed by atoms with E-state index < -0.39 is 5.97 Å². The van der Waals surface area contributed by atoms with Crippen LogP contribution in [-0.2, 0) is 4.74 Å². The molecule has 2 N–H and O–H groups in total. The van der Waals surface area contributed by atoms with E-state index in [1.54, 1.807) is 18.7 Å². The number of aromatic nitrogens is 2. The summed E-state index contributed by atoms with van der Waals surface area (Å²) in [6, 6.07) is 0. The van der Waals surface area contributed by atoms with Crippen molar-refractivity contribution in [1.82, 2.24) is 9.97 Å². The molecule has 0 amide bonds. The molecule has 0 atom stereocenters. The van der Waals surface area contributed by atoms with Gasteiger partial charge >= 0.3 is 5.97 Å². The Labute approximate surface area is 104 Å². The summed E-state index contributed by atoms with van der Waals surface area (Å²) in [5, 5.41) is 1.24. The lowest BCUT2D eigenvalue weighted by atomic mass is 10.0. The van der Waals surface area contributed by atoms with Gasteiger partial charge in [-0.05, 0) is 19.8 Å². The summed E-state index contributed by atoms with van der Waals surface area (Å²) in [6.45, 7) is 2.06. The number of nitrogens with zero attached hydrogens (tertiary/aromatic N) is 2. The number of carbonyl (C=O) groups is 1.